The minimum atomic E-state index is -3.57. The topological polar surface area (TPSA) is 78.4 Å². The van der Waals surface area contributed by atoms with Crippen LogP contribution in [-0.4, -0.2) is 55.4 Å². The number of sulfonamides is 1. The molecule has 0 bridgehead atoms. The van der Waals surface area contributed by atoms with Crippen LogP contribution in [0.5, 0.6) is 0 Å². The predicted octanol–water partition coefficient (Wildman–Crippen LogP) is 2.88. The number of aryl methyl sites for hydroxylation is 1. The number of piperazine rings is 1. The first kappa shape index (κ1) is 19.6. The molecule has 1 aromatic heterocycles. The molecule has 2 aromatic carbocycles. The smallest absolute Gasteiger partial charge is 0.243 e. The van der Waals surface area contributed by atoms with Crippen LogP contribution in [0, 0.1) is 6.92 Å². The third kappa shape index (κ3) is 3.90. The molecule has 0 radical (unpaired) electrons. The number of hydrogen-bond acceptors (Lipinski definition) is 6. The fourth-order valence-electron chi connectivity index (χ4n) is 3.65. The quantitative estimate of drug-likeness (QED) is 0.696. The van der Waals surface area contributed by atoms with Gasteiger partial charge in [0.1, 0.15) is 5.82 Å². The molecule has 1 fully saturated rings. The maximum Gasteiger partial charge on any atom is 0.243 e. The van der Waals surface area contributed by atoms with Crippen molar-refractivity contribution in [3.05, 3.63) is 54.2 Å². The van der Waals surface area contributed by atoms with Crippen molar-refractivity contribution in [3.8, 4) is 0 Å². The van der Waals surface area contributed by atoms with Gasteiger partial charge in [-0.05, 0) is 25.3 Å². The van der Waals surface area contributed by atoms with Crippen LogP contribution in [0.15, 0.2) is 53.4 Å². The Hall–Kier alpha value is -2.71. The Bertz CT molecular complexity index is 1120. The second-order valence-electron chi connectivity index (χ2n) is 7.09. The van der Waals surface area contributed by atoms with Crippen LogP contribution in [0.3, 0.4) is 0 Å². The Kier molecular flexibility index (Phi) is 5.38. The SMILES string of the molecule is CCNc1cc(C)nc(N2CCN(S(=O)(=O)c3cccc4ccccc34)CC2)n1. The van der Waals surface area contributed by atoms with Gasteiger partial charge in [0.25, 0.3) is 0 Å². The summed E-state index contributed by atoms with van der Waals surface area (Å²) in [4.78, 5) is 11.5. The summed E-state index contributed by atoms with van der Waals surface area (Å²) in [6.07, 6.45) is 0. The van der Waals surface area contributed by atoms with Gasteiger partial charge in [-0.1, -0.05) is 36.4 Å². The molecule has 2 heterocycles. The number of nitrogens with zero attached hydrogens (tertiary/aromatic N) is 4. The van der Waals surface area contributed by atoms with Gasteiger partial charge in [-0.15, -0.1) is 0 Å². The molecular weight excluding hydrogens is 386 g/mol. The molecule has 0 unspecified atom stereocenters. The van der Waals surface area contributed by atoms with E-state index in [1.165, 1.54) is 0 Å². The number of nitrogens with one attached hydrogen (secondary N) is 1. The van der Waals surface area contributed by atoms with E-state index < -0.39 is 10.0 Å². The molecule has 8 heteroatoms. The monoisotopic (exact) mass is 411 g/mol. The predicted molar refractivity (Wildman–Crippen MR) is 116 cm³/mol. The summed E-state index contributed by atoms with van der Waals surface area (Å²) in [5.41, 5.74) is 0.886. The van der Waals surface area contributed by atoms with Crippen molar-refractivity contribution in [2.45, 2.75) is 18.7 Å². The number of anilines is 2. The van der Waals surface area contributed by atoms with Crippen molar-refractivity contribution in [3.63, 3.8) is 0 Å². The van der Waals surface area contributed by atoms with Crippen LogP contribution >= 0.6 is 0 Å². The van der Waals surface area contributed by atoms with E-state index in [0.29, 0.717) is 37.0 Å². The van der Waals surface area contributed by atoms with Crippen LogP contribution in [-0.2, 0) is 10.0 Å². The van der Waals surface area contributed by atoms with E-state index in [2.05, 4.69) is 15.3 Å². The molecular formula is C21H25N5O2S. The largest absolute Gasteiger partial charge is 0.370 e. The van der Waals surface area contributed by atoms with E-state index in [0.717, 1.165) is 28.8 Å². The second kappa shape index (κ2) is 7.96. The lowest BCUT2D eigenvalue weighted by Crippen LogP contribution is -2.49. The Morgan fingerprint density at radius 2 is 1.72 bits per heavy atom. The first-order chi connectivity index (χ1) is 14.0. The van der Waals surface area contributed by atoms with Crippen LogP contribution < -0.4 is 10.2 Å². The Morgan fingerprint density at radius 3 is 2.48 bits per heavy atom. The summed E-state index contributed by atoms with van der Waals surface area (Å²) in [5, 5.41) is 4.90. The standard InChI is InChI=1S/C21H25N5O2S/c1-3-22-20-15-16(2)23-21(24-20)25-11-13-26(14-12-25)29(27,28)19-10-6-8-17-7-4-5-9-18(17)19/h4-10,15H,3,11-14H2,1-2H3,(H,22,23,24). The van der Waals surface area contributed by atoms with Gasteiger partial charge >= 0.3 is 0 Å². The van der Waals surface area contributed by atoms with Crippen LogP contribution in [0.2, 0.25) is 0 Å². The van der Waals surface area contributed by atoms with E-state index in [-0.39, 0.29) is 0 Å². The van der Waals surface area contributed by atoms with Crippen molar-refractivity contribution in [2.24, 2.45) is 0 Å². The minimum absolute atomic E-state index is 0.366. The highest BCUT2D eigenvalue weighted by Gasteiger charge is 2.30. The van der Waals surface area contributed by atoms with E-state index in [1.54, 1.807) is 16.4 Å². The highest BCUT2D eigenvalue weighted by atomic mass is 32.2. The summed E-state index contributed by atoms with van der Waals surface area (Å²) in [6, 6.07) is 14.9. The van der Waals surface area contributed by atoms with Crippen molar-refractivity contribution >= 4 is 32.6 Å². The average molecular weight is 412 g/mol. The fraction of sp³-hybridized carbons (Fsp3) is 0.333. The Balaban J connectivity index is 1.55. The molecule has 7 nitrogen and oxygen atoms in total. The first-order valence-electron chi connectivity index (χ1n) is 9.81. The molecule has 1 saturated heterocycles. The zero-order valence-corrected chi connectivity index (χ0v) is 17.5. The summed E-state index contributed by atoms with van der Waals surface area (Å²) < 4.78 is 28.2. The highest BCUT2D eigenvalue weighted by molar-refractivity contribution is 7.89. The first-order valence-corrected chi connectivity index (χ1v) is 11.3. The van der Waals surface area contributed by atoms with Gasteiger partial charge in [0.2, 0.25) is 16.0 Å². The third-order valence-electron chi connectivity index (χ3n) is 5.09. The van der Waals surface area contributed by atoms with Gasteiger partial charge in [0.05, 0.1) is 4.90 Å². The lowest BCUT2D eigenvalue weighted by atomic mass is 10.1. The van der Waals surface area contributed by atoms with Crippen LogP contribution in [0.25, 0.3) is 10.8 Å². The molecule has 1 aliphatic heterocycles. The number of hydrogen-bond donors (Lipinski definition) is 1. The molecule has 0 amide bonds. The van der Waals surface area contributed by atoms with Gasteiger partial charge in [-0.3, -0.25) is 0 Å². The Morgan fingerprint density at radius 1 is 1.00 bits per heavy atom. The lowest BCUT2D eigenvalue weighted by molar-refractivity contribution is 0.383. The third-order valence-corrected chi connectivity index (χ3v) is 7.05. The molecule has 0 atom stereocenters. The van der Waals surface area contributed by atoms with Crippen molar-refractivity contribution in [2.75, 3.05) is 42.9 Å². The van der Waals surface area contributed by atoms with E-state index in [1.807, 2.05) is 55.1 Å². The molecule has 29 heavy (non-hydrogen) atoms. The molecule has 1 aliphatic rings. The number of fused-ring (bicyclic) bond motifs is 1. The van der Waals surface area contributed by atoms with Crippen molar-refractivity contribution in [1.82, 2.24) is 14.3 Å². The number of rotatable bonds is 5. The van der Waals surface area contributed by atoms with E-state index in [9.17, 15) is 8.42 Å². The van der Waals surface area contributed by atoms with Gasteiger partial charge in [0.15, 0.2) is 0 Å². The summed E-state index contributed by atoms with van der Waals surface area (Å²) in [5.74, 6) is 1.43. The van der Waals surface area contributed by atoms with Crippen LogP contribution in [0.4, 0.5) is 11.8 Å². The van der Waals surface area contributed by atoms with E-state index >= 15 is 0 Å². The van der Waals surface area contributed by atoms with Gasteiger partial charge < -0.3 is 10.2 Å². The molecule has 1 N–H and O–H groups in total. The van der Waals surface area contributed by atoms with Gasteiger partial charge in [-0.25, -0.2) is 13.4 Å². The summed E-state index contributed by atoms with van der Waals surface area (Å²) in [7, 11) is -3.57. The minimum Gasteiger partial charge on any atom is -0.370 e. The lowest BCUT2D eigenvalue weighted by Gasteiger charge is -2.34. The molecule has 3 aromatic rings. The molecule has 0 aliphatic carbocycles. The maximum atomic E-state index is 13.3. The summed E-state index contributed by atoms with van der Waals surface area (Å²) >= 11 is 0. The fourth-order valence-corrected chi connectivity index (χ4v) is 5.29. The number of aromatic nitrogens is 2. The van der Waals surface area contributed by atoms with Gasteiger partial charge in [0, 0.05) is 49.9 Å². The highest BCUT2D eigenvalue weighted by Crippen LogP contribution is 2.27. The van der Waals surface area contributed by atoms with Crippen molar-refractivity contribution in [1.29, 1.82) is 0 Å². The molecule has 0 spiro atoms. The molecule has 0 saturated carbocycles. The van der Waals surface area contributed by atoms with Crippen LogP contribution in [0.1, 0.15) is 12.6 Å². The molecule has 4 rings (SSSR count). The second-order valence-corrected chi connectivity index (χ2v) is 9.00. The average Bonchev–Trinajstić information content (AvgIpc) is 2.73. The zero-order chi connectivity index (χ0) is 20.4. The number of benzene rings is 2. The van der Waals surface area contributed by atoms with E-state index in [4.69, 9.17) is 0 Å². The summed E-state index contributed by atoms with van der Waals surface area (Å²) in [6.45, 7) is 6.66. The maximum absolute atomic E-state index is 13.3. The molecule has 152 valence electrons. The van der Waals surface area contributed by atoms with Gasteiger partial charge in [-0.2, -0.15) is 9.29 Å². The zero-order valence-electron chi connectivity index (χ0n) is 16.7. The Labute approximate surface area is 171 Å². The normalized spacial score (nSPS) is 15.6. The van der Waals surface area contributed by atoms with Crippen molar-refractivity contribution < 1.29 is 8.42 Å².